The first kappa shape index (κ1) is 16.1. The molecule has 0 aliphatic heterocycles. The van der Waals surface area contributed by atoms with E-state index in [1.807, 2.05) is 42.6 Å². The van der Waals surface area contributed by atoms with Gasteiger partial charge in [0.15, 0.2) is 0 Å². The maximum atomic E-state index is 11.7. The second-order valence-corrected chi connectivity index (χ2v) is 5.89. The SMILES string of the molecule is O=C(/C=C/Cl)Nc1ccc2ncnc(Nc3ccc4[nH]ccc4c3)c2c1. The lowest BCUT2D eigenvalue weighted by Gasteiger charge is -2.10. The molecule has 6 nitrogen and oxygen atoms in total. The van der Waals surface area contributed by atoms with Gasteiger partial charge in [-0.2, -0.15) is 0 Å². The van der Waals surface area contributed by atoms with Gasteiger partial charge in [0.1, 0.15) is 12.1 Å². The molecule has 7 heteroatoms. The number of anilines is 3. The molecule has 128 valence electrons. The summed E-state index contributed by atoms with van der Waals surface area (Å²) in [6.07, 6.45) is 4.66. The lowest BCUT2D eigenvalue weighted by Crippen LogP contribution is -2.07. The fraction of sp³-hybridized carbons (Fsp3) is 0. The predicted octanol–water partition coefficient (Wildman–Crippen LogP) is 4.55. The summed E-state index contributed by atoms with van der Waals surface area (Å²) in [5.74, 6) is 0.359. The van der Waals surface area contributed by atoms with Crippen LogP contribution < -0.4 is 10.6 Å². The minimum Gasteiger partial charge on any atom is -0.361 e. The molecular formula is C19H14ClN5O. The van der Waals surface area contributed by atoms with Crippen molar-refractivity contribution in [1.82, 2.24) is 15.0 Å². The van der Waals surface area contributed by atoms with E-state index in [9.17, 15) is 4.79 Å². The van der Waals surface area contributed by atoms with E-state index in [4.69, 9.17) is 11.6 Å². The Morgan fingerprint density at radius 3 is 2.85 bits per heavy atom. The van der Waals surface area contributed by atoms with E-state index < -0.39 is 0 Å². The Morgan fingerprint density at radius 1 is 1.08 bits per heavy atom. The number of fused-ring (bicyclic) bond motifs is 2. The van der Waals surface area contributed by atoms with Crippen molar-refractivity contribution in [1.29, 1.82) is 0 Å². The van der Waals surface area contributed by atoms with E-state index in [2.05, 4.69) is 25.6 Å². The minimum atomic E-state index is -0.302. The van der Waals surface area contributed by atoms with Gasteiger partial charge in [0.05, 0.1) is 5.52 Å². The number of halogens is 1. The predicted molar refractivity (Wildman–Crippen MR) is 105 cm³/mol. The van der Waals surface area contributed by atoms with E-state index in [0.717, 1.165) is 27.5 Å². The molecule has 0 saturated carbocycles. The zero-order chi connectivity index (χ0) is 17.9. The van der Waals surface area contributed by atoms with Crippen LogP contribution in [0.4, 0.5) is 17.2 Å². The van der Waals surface area contributed by atoms with Crippen molar-refractivity contribution < 1.29 is 4.79 Å². The summed E-state index contributed by atoms with van der Waals surface area (Å²) in [4.78, 5) is 23.5. The van der Waals surface area contributed by atoms with E-state index >= 15 is 0 Å². The van der Waals surface area contributed by atoms with Crippen LogP contribution in [-0.4, -0.2) is 20.9 Å². The third kappa shape index (κ3) is 3.22. The van der Waals surface area contributed by atoms with Crippen LogP contribution in [-0.2, 0) is 4.79 Å². The van der Waals surface area contributed by atoms with Gasteiger partial charge in [-0.1, -0.05) is 11.6 Å². The fourth-order valence-corrected chi connectivity index (χ4v) is 2.86. The molecule has 3 N–H and O–H groups in total. The molecule has 0 unspecified atom stereocenters. The standard InChI is InChI=1S/C19H14ClN5O/c20-7-5-18(26)24-14-2-4-17-15(10-14)19(23-11-22-17)25-13-1-3-16-12(9-13)6-8-21-16/h1-11,21H,(H,24,26)(H,22,23,25)/b7-5+. The van der Waals surface area contributed by atoms with Crippen LogP contribution in [0.2, 0.25) is 0 Å². The molecule has 0 spiro atoms. The Kier molecular flexibility index (Phi) is 4.25. The van der Waals surface area contributed by atoms with Gasteiger partial charge < -0.3 is 15.6 Å². The average molecular weight is 364 g/mol. The van der Waals surface area contributed by atoms with Crippen LogP contribution in [0.15, 0.2) is 66.6 Å². The molecule has 0 aliphatic carbocycles. The Hall–Kier alpha value is -3.38. The van der Waals surface area contributed by atoms with Crippen LogP contribution in [0, 0.1) is 0 Å². The molecule has 4 rings (SSSR count). The van der Waals surface area contributed by atoms with Crippen molar-refractivity contribution in [3.05, 3.63) is 66.6 Å². The number of carbonyl (C=O) groups is 1. The summed E-state index contributed by atoms with van der Waals surface area (Å²) in [5.41, 5.74) is 4.56. The fourth-order valence-electron chi connectivity index (χ4n) is 2.74. The maximum absolute atomic E-state index is 11.7. The number of carbonyl (C=O) groups excluding carboxylic acids is 1. The van der Waals surface area contributed by atoms with E-state index in [0.29, 0.717) is 11.5 Å². The summed E-state index contributed by atoms with van der Waals surface area (Å²) in [6, 6.07) is 13.5. The van der Waals surface area contributed by atoms with Crippen LogP contribution in [0.5, 0.6) is 0 Å². The first-order valence-corrected chi connectivity index (χ1v) is 8.33. The summed E-state index contributed by atoms with van der Waals surface area (Å²) < 4.78 is 0. The number of hydrogen-bond donors (Lipinski definition) is 3. The first-order chi connectivity index (χ1) is 12.7. The van der Waals surface area contributed by atoms with Gasteiger partial charge in [0.2, 0.25) is 5.91 Å². The van der Waals surface area contributed by atoms with E-state index in [1.54, 1.807) is 6.07 Å². The highest BCUT2D eigenvalue weighted by atomic mass is 35.5. The Bertz CT molecular complexity index is 1140. The number of nitrogens with zero attached hydrogens (tertiary/aromatic N) is 2. The third-order valence-corrected chi connectivity index (χ3v) is 4.06. The van der Waals surface area contributed by atoms with E-state index in [1.165, 1.54) is 17.9 Å². The molecular weight excluding hydrogens is 350 g/mol. The number of hydrogen-bond acceptors (Lipinski definition) is 4. The molecule has 0 atom stereocenters. The zero-order valence-electron chi connectivity index (χ0n) is 13.5. The van der Waals surface area contributed by atoms with Gasteiger partial charge in [-0.25, -0.2) is 9.97 Å². The number of benzene rings is 2. The van der Waals surface area contributed by atoms with Crippen molar-refractivity contribution >= 4 is 56.5 Å². The minimum absolute atomic E-state index is 0.302. The number of aromatic amines is 1. The van der Waals surface area contributed by atoms with Crippen molar-refractivity contribution in [2.45, 2.75) is 0 Å². The normalized spacial score (nSPS) is 11.3. The highest BCUT2D eigenvalue weighted by Crippen LogP contribution is 2.27. The topological polar surface area (TPSA) is 82.7 Å². The quantitative estimate of drug-likeness (QED) is 0.465. The highest BCUT2D eigenvalue weighted by molar-refractivity contribution is 6.27. The van der Waals surface area contributed by atoms with Crippen molar-refractivity contribution in [3.63, 3.8) is 0 Å². The number of amides is 1. The second-order valence-electron chi connectivity index (χ2n) is 5.64. The number of nitrogens with one attached hydrogen (secondary N) is 3. The van der Waals surface area contributed by atoms with Crippen molar-refractivity contribution in [2.75, 3.05) is 10.6 Å². The third-order valence-electron chi connectivity index (χ3n) is 3.93. The van der Waals surface area contributed by atoms with Crippen molar-refractivity contribution in [3.8, 4) is 0 Å². The molecule has 26 heavy (non-hydrogen) atoms. The van der Waals surface area contributed by atoms with E-state index in [-0.39, 0.29) is 5.91 Å². The van der Waals surface area contributed by atoms with Gasteiger partial charge in [0.25, 0.3) is 0 Å². The van der Waals surface area contributed by atoms with Crippen molar-refractivity contribution in [2.24, 2.45) is 0 Å². The van der Waals surface area contributed by atoms with Gasteiger partial charge in [-0.15, -0.1) is 0 Å². The van der Waals surface area contributed by atoms with Gasteiger partial charge in [-0.3, -0.25) is 4.79 Å². The van der Waals surface area contributed by atoms with Crippen LogP contribution in [0.25, 0.3) is 21.8 Å². The second kappa shape index (κ2) is 6.85. The molecule has 2 aromatic heterocycles. The first-order valence-electron chi connectivity index (χ1n) is 7.89. The number of aromatic nitrogens is 3. The lowest BCUT2D eigenvalue weighted by atomic mass is 10.2. The summed E-state index contributed by atoms with van der Waals surface area (Å²) in [6.45, 7) is 0. The Labute approximate surface area is 153 Å². The van der Waals surface area contributed by atoms with Crippen LogP contribution in [0.3, 0.4) is 0 Å². The average Bonchev–Trinajstić information content (AvgIpc) is 3.10. The molecule has 0 saturated heterocycles. The Morgan fingerprint density at radius 2 is 1.96 bits per heavy atom. The highest BCUT2D eigenvalue weighted by Gasteiger charge is 2.07. The van der Waals surface area contributed by atoms with Gasteiger partial charge in [0, 0.05) is 45.5 Å². The summed E-state index contributed by atoms with van der Waals surface area (Å²) in [5, 5.41) is 7.98. The monoisotopic (exact) mass is 363 g/mol. The molecule has 2 heterocycles. The number of H-pyrrole nitrogens is 1. The largest absolute Gasteiger partial charge is 0.361 e. The summed E-state index contributed by atoms with van der Waals surface area (Å²) >= 11 is 5.43. The molecule has 0 aliphatic rings. The van der Waals surface area contributed by atoms with Crippen LogP contribution in [0.1, 0.15) is 0 Å². The number of rotatable bonds is 4. The lowest BCUT2D eigenvalue weighted by molar-refractivity contribution is -0.111. The van der Waals surface area contributed by atoms with Gasteiger partial charge in [-0.05, 0) is 42.5 Å². The Balaban J connectivity index is 1.70. The molecule has 0 radical (unpaired) electrons. The molecule has 2 aromatic carbocycles. The summed E-state index contributed by atoms with van der Waals surface area (Å²) in [7, 11) is 0. The molecule has 0 bridgehead atoms. The smallest absolute Gasteiger partial charge is 0.249 e. The molecule has 4 aromatic rings. The molecule has 1 amide bonds. The zero-order valence-corrected chi connectivity index (χ0v) is 14.3. The van der Waals surface area contributed by atoms with Crippen LogP contribution >= 0.6 is 11.6 Å². The van der Waals surface area contributed by atoms with Gasteiger partial charge >= 0.3 is 0 Å². The maximum Gasteiger partial charge on any atom is 0.249 e. The molecule has 0 fully saturated rings.